The maximum atomic E-state index is 10.8. The van der Waals surface area contributed by atoms with Crippen molar-refractivity contribution in [2.45, 2.75) is 18.3 Å². The first kappa shape index (κ1) is 11.4. The third kappa shape index (κ3) is 2.38. The highest BCUT2D eigenvalue weighted by Gasteiger charge is 2.31. The minimum absolute atomic E-state index is 0.126. The van der Waals surface area contributed by atoms with Crippen molar-refractivity contribution in [1.29, 1.82) is 0 Å². The molecule has 1 aromatic heterocycles. The second-order valence-corrected chi connectivity index (χ2v) is 6.60. The summed E-state index contributed by atoms with van der Waals surface area (Å²) in [7, 11) is 0. The summed E-state index contributed by atoms with van der Waals surface area (Å²) < 4.78 is 1.10. The van der Waals surface area contributed by atoms with Crippen LogP contribution >= 0.6 is 39.0 Å². The fraction of sp³-hybridized carbons (Fsp3) is 0.444. The van der Waals surface area contributed by atoms with Gasteiger partial charge in [-0.3, -0.25) is 10.1 Å². The fourth-order valence-corrected chi connectivity index (χ4v) is 4.36. The van der Waals surface area contributed by atoms with E-state index in [9.17, 15) is 4.79 Å². The van der Waals surface area contributed by atoms with Crippen LogP contribution in [0.15, 0.2) is 10.5 Å². The number of aliphatic carboxylic acids is 1. The lowest BCUT2D eigenvalue weighted by Gasteiger charge is -2.07. The predicted octanol–water partition coefficient (Wildman–Crippen LogP) is 2.61. The van der Waals surface area contributed by atoms with E-state index in [4.69, 9.17) is 5.11 Å². The quantitative estimate of drug-likeness (QED) is 0.882. The zero-order chi connectivity index (χ0) is 11.0. The van der Waals surface area contributed by atoms with Gasteiger partial charge in [0.05, 0.1) is 5.37 Å². The van der Waals surface area contributed by atoms with Crippen LogP contribution in [0.2, 0.25) is 0 Å². The van der Waals surface area contributed by atoms with Gasteiger partial charge in [-0.2, -0.15) is 0 Å². The highest BCUT2D eigenvalue weighted by molar-refractivity contribution is 9.10. The number of carboxylic acid groups (broad SMARTS) is 1. The summed E-state index contributed by atoms with van der Waals surface area (Å²) in [6.45, 7) is 2.05. The van der Waals surface area contributed by atoms with Crippen molar-refractivity contribution in [3.8, 4) is 0 Å². The number of carbonyl (C=O) groups is 1. The molecule has 2 atom stereocenters. The Morgan fingerprint density at radius 3 is 2.93 bits per heavy atom. The summed E-state index contributed by atoms with van der Waals surface area (Å²) >= 11 is 6.82. The molecule has 2 heterocycles. The van der Waals surface area contributed by atoms with E-state index in [0.717, 1.165) is 4.47 Å². The Labute approximate surface area is 104 Å². The number of nitrogens with one attached hydrogen (secondary N) is 1. The Morgan fingerprint density at radius 2 is 2.47 bits per heavy atom. The van der Waals surface area contributed by atoms with Gasteiger partial charge in [0, 0.05) is 20.0 Å². The molecule has 0 spiro atoms. The number of hydrogen-bond donors (Lipinski definition) is 2. The van der Waals surface area contributed by atoms with Crippen molar-refractivity contribution in [1.82, 2.24) is 5.32 Å². The number of thiophene rings is 1. The Hall–Kier alpha value is -0.0400. The van der Waals surface area contributed by atoms with Gasteiger partial charge in [-0.25, -0.2) is 0 Å². The molecule has 1 saturated heterocycles. The number of carboxylic acids is 1. The number of aryl methyl sites for hydroxylation is 1. The van der Waals surface area contributed by atoms with Crippen LogP contribution in [0, 0.1) is 6.92 Å². The molecule has 1 aliphatic rings. The lowest BCUT2D eigenvalue weighted by Crippen LogP contribution is -2.33. The molecular formula is C9H10BrNO2S2. The molecule has 2 unspecified atom stereocenters. The number of halogens is 1. The van der Waals surface area contributed by atoms with E-state index in [1.165, 1.54) is 9.75 Å². The molecule has 15 heavy (non-hydrogen) atoms. The molecule has 0 aromatic carbocycles. The summed E-state index contributed by atoms with van der Waals surface area (Å²) in [5, 5.41) is 12.1. The van der Waals surface area contributed by atoms with Crippen LogP contribution in [0.1, 0.15) is 15.1 Å². The second kappa shape index (κ2) is 4.45. The van der Waals surface area contributed by atoms with Crippen LogP contribution in [0.25, 0.3) is 0 Å². The van der Waals surface area contributed by atoms with Crippen LogP contribution in [-0.4, -0.2) is 22.9 Å². The minimum atomic E-state index is -0.766. The van der Waals surface area contributed by atoms with Gasteiger partial charge in [-0.05, 0) is 28.9 Å². The first-order chi connectivity index (χ1) is 7.08. The van der Waals surface area contributed by atoms with Crippen molar-refractivity contribution < 1.29 is 9.90 Å². The van der Waals surface area contributed by atoms with Crippen molar-refractivity contribution in [2.75, 3.05) is 5.75 Å². The summed E-state index contributed by atoms with van der Waals surface area (Å²) in [6, 6.07) is 1.65. The third-order valence-corrected chi connectivity index (χ3v) is 5.81. The lowest BCUT2D eigenvalue weighted by atomic mass is 10.3. The largest absolute Gasteiger partial charge is 0.480 e. The highest BCUT2D eigenvalue weighted by Crippen LogP contribution is 2.39. The van der Waals surface area contributed by atoms with Gasteiger partial charge >= 0.3 is 5.97 Å². The monoisotopic (exact) mass is 307 g/mol. The Balaban J connectivity index is 2.11. The Morgan fingerprint density at radius 1 is 1.73 bits per heavy atom. The van der Waals surface area contributed by atoms with Crippen molar-refractivity contribution in [2.24, 2.45) is 0 Å². The van der Waals surface area contributed by atoms with E-state index in [2.05, 4.69) is 27.3 Å². The molecule has 0 bridgehead atoms. The van der Waals surface area contributed by atoms with Gasteiger partial charge in [-0.15, -0.1) is 23.1 Å². The van der Waals surface area contributed by atoms with Crippen molar-refractivity contribution in [3.63, 3.8) is 0 Å². The molecule has 0 radical (unpaired) electrons. The van der Waals surface area contributed by atoms with Gasteiger partial charge < -0.3 is 5.11 Å². The minimum Gasteiger partial charge on any atom is -0.480 e. The zero-order valence-electron chi connectivity index (χ0n) is 7.99. The highest BCUT2D eigenvalue weighted by atomic mass is 79.9. The van der Waals surface area contributed by atoms with E-state index in [0.29, 0.717) is 5.75 Å². The van der Waals surface area contributed by atoms with Crippen LogP contribution < -0.4 is 5.32 Å². The summed E-state index contributed by atoms with van der Waals surface area (Å²) in [5.74, 6) is -0.133. The molecule has 3 nitrogen and oxygen atoms in total. The SMILES string of the molecule is Cc1sc(C2NC(C(=O)O)CS2)cc1Br. The normalized spacial score (nSPS) is 25.7. The van der Waals surface area contributed by atoms with Crippen LogP contribution in [0.3, 0.4) is 0 Å². The number of hydrogen-bond acceptors (Lipinski definition) is 4. The third-order valence-electron chi connectivity index (χ3n) is 2.21. The standard InChI is InChI=1S/C9H10BrNO2S2/c1-4-5(10)2-7(15-4)8-11-6(3-14-8)9(12)13/h2,6,8,11H,3H2,1H3,(H,12,13). The molecule has 1 fully saturated rings. The summed E-state index contributed by atoms with van der Waals surface area (Å²) in [5.41, 5.74) is 0. The van der Waals surface area contributed by atoms with Crippen molar-refractivity contribution in [3.05, 3.63) is 20.3 Å². The molecule has 6 heteroatoms. The van der Waals surface area contributed by atoms with Gasteiger partial charge in [0.25, 0.3) is 0 Å². The average molecular weight is 308 g/mol. The van der Waals surface area contributed by atoms with Gasteiger partial charge in [0.1, 0.15) is 6.04 Å². The molecule has 2 N–H and O–H groups in total. The lowest BCUT2D eigenvalue weighted by molar-refractivity contribution is -0.138. The van der Waals surface area contributed by atoms with Crippen LogP contribution in [0.4, 0.5) is 0 Å². The van der Waals surface area contributed by atoms with Crippen molar-refractivity contribution >= 4 is 45.0 Å². The van der Waals surface area contributed by atoms with E-state index in [1.54, 1.807) is 23.1 Å². The van der Waals surface area contributed by atoms with Gasteiger partial charge in [0.15, 0.2) is 0 Å². The molecule has 0 saturated carbocycles. The molecule has 0 amide bonds. The zero-order valence-corrected chi connectivity index (χ0v) is 11.2. The molecule has 1 aromatic rings. The predicted molar refractivity (Wildman–Crippen MR) is 66.5 cm³/mol. The van der Waals surface area contributed by atoms with E-state index in [1.807, 2.05) is 6.92 Å². The van der Waals surface area contributed by atoms with Crippen LogP contribution in [0.5, 0.6) is 0 Å². The molecule has 82 valence electrons. The first-order valence-corrected chi connectivity index (χ1v) is 7.10. The van der Waals surface area contributed by atoms with Gasteiger partial charge in [0.2, 0.25) is 0 Å². The number of thioether (sulfide) groups is 1. The maximum Gasteiger partial charge on any atom is 0.321 e. The van der Waals surface area contributed by atoms with E-state index in [-0.39, 0.29) is 5.37 Å². The summed E-state index contributed by atoms with van der Waals surface area (Å²) in [4.78, 5) is 13.2. The molecule has 1 aliphatic heterocycles. The average Bonchev–Trinajstić information content (AvgIpc) is 2.74. The first-order valence-electron chi connectivity index (χ1n) is 4.44. The number of rotatable bonds is 2. The molecular weight excluding hydrogens is 298 g/mol. The smallest absolute Gasteiger partial charge is 0.321 e. The molecule has 0 aliphatic carbocycles. The Kier molecular flexibility index (Phi) is 3.39. The van der Waals surface area contributed by atoms with Crippen LogP contribution in [-0.2, 0) is 4.79 Å². The van der Waals surface area contributed by atoms with Gasteiger partial charge in [-0.1, -0.05) is 0 Å². The Bertz CT molecular complexity index is 374. The topological polar surface area (TPSA) is 49.3 Å². The summed E-state index contributed by atoms with van der Waals surface area (Å²) in [6.07, 6.45) is 0. The second-order valence-electron chi connectivity index (χ2n) is 3.32. The maximum absolute atomic E-state index is 10.8. The van der Waals surface area contributed by atoms with E-state index >= 15 is 0 Å². The fourth-order valence-electron chi connectivity index (χ4n) is 1.39. The van der Waals surface area contributed by atoms with E-state index < -0.39 is 12.0 Å². The molecule has 2 rings (SSSR count).